The molecule has 150 valence electrons. The lowest BCUT2D eigenvalue weighted by Gasteiger charge is -2.27. The van der Waals surface area contributed by atoms with Crippen LogP contribution >= 0.6 is 0 Å². The summed E-state index contributed by atoms with van der Waals surface area (Å²) >= 11 is 0. The molecule has 7 heteroatoms. The van der Waals surface area contributed by atoms with Crippen molar-refractivity contribution in [2.24, 2.45) is 4.99 Å². The van der Waals surface area contributed by atoms with Gasteiger partial charge in [-0.15, -0.1) is 0 Å². The number of amides is 1. The lowest BCUT2D eigenvalue weighted by atomic mass is 10.1. The molecule has 1 saturated heterocycles. The van der Waals surface area contributed by atoms with E-state index in [1.807, 2.05) is 6.92 Å². The average Bonchev–Trinajstić information content (AvgIpc) is 2.67. The van der Waals surface area contributed by atoms with Crippen LogP contribution in [0.25, 0.3) is 0 Å². The summed E-state index contributed by atoms with van der Waals surface area (Å²) in [5.41, 5.74) is 2.53. The molecule has 1 aliphatic heterocycles. The Hall–Kier alpha value is -2.12. The maximum atomic E-state index is 11.7. The Morgan fingerprint density at radius 1 is 1.19 bits per heavy atom. The van der Waals surface area contributed by atoms with E-state index in [1.165, 1.54) is 11.1 Å². The average molecular weight is 376 g/mol. The number of benzene rings is 1. The monoisotopic (exact) mass is 375 g/mol. The lowest BCUT2D eigenvalue weighted by Crippen LogP contribution is -2.39. The number of carbonyl (C=O) groups is 1. The summed E-state index contributed by atoms with van der Waals surface area (Å²) in [7, 11) is 3.54. The first-order valence-electron chi connectivity index (χ1n) is 9.69. The highest BCUT2D eigenvalue weighted by atomic mass is 16.5. The first-order chi connectivity index (χ1) is 13.1. The van der Waals surface area contributed by atoms with Crippen molar-refractivity contribution in [1.82, 2.24) is 20.4 Å². The second-order valence-electron chi connectivity index (χ2n) is 6.82. The van der Waals surface area contributed by atoms with Crippen molar-refractivity contribution in [3.8, 4) is 0 Å². The van der Waals surface area contributed by atoms with Gasteiger partial charge in [0.1, 0.15) is 0 Å². The van der Waals surface area contributed by atoms with Gasteiger partial charge in [0, 0.05) is 53.2 Å². The Bertz CT molecular complexity index is 612. The van der Waals surface area contributed by atoms with E-state index in [0.29, 0.717) is 19.5 Å². The van der Waals surface area contributed by atoms with Crippen LogP contribution in [0.15, 0.2) is 29.3 Å². The molecule has 1 amide bonds. The molecule has 0 spiro atoms. The molecule has 1 aromatic carbocycles. The first kappa shape index (κ1) is 21.2. The molecule has 0 bridgehead atoms. The van der Waals surface area contributed by atoms with Gasteiger partial charge in [0.2, 0.25) is 5.91 Å². The van der Waals surface area contributed by atoms with Crippen LogP contribution in [0, 0.1) is 0 Å². The van der Waals surface area contributed by atoms with Crippen LogP contribution in [0.1, 0.15) is 24.5 Å². The number of hydrogen-bond acceptors (Lipinski definition) is 4. The molecule has 27 heavy (non-hydrogen) atoms. The van der Waals surface area contributed by atoms with Crippen LogP contribution in [0.4, 0.5) is 0 Å². The number of carbonyl (C=O) groups excluding carboxylic acids is 1. The van der Waals surface area contributed by atoms with Crippen molar-refractivity contribution in [2.75, 3.05) is 53.5 Å². The van der Waals surface area contributed by atoms with Crippen LogP contribution < -0.4 is 10.6 Å². The fourth-order valence-electron chi connectivity index (χ4n) is 2.88. The number of rotatable bonds is 8. The third-order valence-corrected chi connectivity index (χ3v) is 4.50. The first-order valence-corrected chi connectivity index (χ1v) is 9.69. The highest BCUT2D eigenvalue weighted by Gasteiger charge is 2.12. The minimum Gasteiger partial charge on any atom is -0.379 e. The summed E-state index contributed by atoms with van der Waals surface area (Å²) in [5, 5.41) is 6.49. The summed E-state index contributed by atoms with van der Waals surface area (Å²) in [6.45, 7) is 8.48. The van der Waals surface area contributed by atoms with E-state index in [4.69, 9.17) is 9.73 Å². The van der Waals surface area contributed by atoms with Gasteiger partial charge in [-0.1, -0.05) is 24.3 Å². The molecule has 1 fully saturated rings. The molecule has 2 rings (SSSR count). The van der Waals surface area contributed by atoms with E-state index in [0.717, 1.165) is 45.4 Å². The van der Waals surface area contributed by atoms with Gasteiger partial charge in [-0.2, -0.15) is 0 Å². The van der Waals surface area contributed by atoms with E-state index in [1.54, 1.807) is 19.0 Å². The minimum absolute atomic E-state index is 0.106. The van der Waals surface area contributed by atoms with Crippen molar-refractivity contribution in [2.45, 2.75) is 26.4 Å². The molecule has 2 N–H and O–H groups in total. The molecule has 1 aliphatic rings. The highest BCUT2D eigenvalue weighted by Crippen LogP contribution is 2.14. The number of hydrogen-bond donors (Lipinski definition) is 2. The Kier molecular flexibility index (Phi) is 9.07. The Morgan fingerprint density at radius 3 is 2.56 bits per heavy atom. The van der Waals surface area contributed by atoms with Crippen molar-refractivity contribution in [3.63, 3.8) is 0 Å². The van der Waals surface area contributed by atoms with E-state index in [2.05, 4.69) is 39.8 Å². The van der Waals surface area contributed by atoms with Gasteiger partial charge in [-0.05, 0) is 18.1 Å². The van der Waals surface area contributed by atoms with Crippen LogP contribution in [-0.2, 0) is 22.6 Å². The van der Waals surface area contributed by atoms with Gasteiger partial charge in [0.15, 0.2) is 5.96 Å². The molecule has 1 aromatic rings. The van der Waals surface area contributed by atoms with E-state index < -0.39 is 0 Å². The van der Waals surface area contributed by atoms with Gasteiger partial charge in [-0.25, -0.2) is 4.99 Å². The van der Waals surface area contributed by atoms with E-state index >= 15 is 0 Å². The molecule has 0 unspecified atom stereocenters. The second kappa shape index (κ2) is 11.6. The van der Waals surface area contributed by atoms with Crippen LogP contribution in [0.5, 0.6) is 0 Å². The third-order valence-electron chi connectivity index (χ3n) is 4.50. The number of nitrogens with zero attached hydrogens (tertiary/aromatic N) is 3. The molecule has 0 aromatic heterocycles. The zero-order chi connectivity index (χ0) is 19.5. The fourth-order valence-corrected chi connectivity index (χ4v) is 2.88. The molecular weight excluding hydrogens is 342 g/mol. The third kappa shape index (κ3) is 7.56. The normalized spacial score (nSPS) is 15.4. The number of guanidine groups is 1. The van der Waals surface area contributed by atoms with Gasteiger partial charge >= 0.3 is 0 Å². The van der Waals surface area contributed by atoms with Gasteiger partial charge in [-0.3, -0.25) is 9.69 Å². The Labute approximate surface area is 162 Å². The predicted octanol–water partition coefficient (Wildman–Crippen LogP) is 1.05. The predicted molar refractivity (Wildman–Crippen MR) is 109 cm³/mol. The molecule has 0 atom stereocenters. The maximum Gasteiger partial charge on any atom is 0.223 e. The van der Waals surface area contributed by atoms with Crippen LogP contribution in [0.3, 0.4) is 0 Å². The van der Waals surface area contributed by atoms with E-state index in [-0.39, 0.29) is 5.91 Å². The molecule has 7 nitrogen and oxygen atoms in total. The highest BCUT2D eigenvalue weighted by molar-refractivity contribution is 5.81. The second-order valence-corrected chi connectivity index (χ2v) is 6.82. The van der Waals surface area contributed by atoms with Crippen molar-refractivity contribution >= 4 is 11.9 Å². The largest absolute Gasteiger partial charge is 0.379 e. The van der Waals surface area contributed by atoms with Gasteiger partial charge < -0.3 is 20.3 Å². The molecule has 1 heterocycles. The summed E-state index contributed by atoms with van der Waals surface area (Å²) in [5.74, 6) is 0.847. The number of morpholine rings is 1. The Morgan fingerprint density at radius 2 is 1.89 bits per heavy atom. The molecule has 0 radical (unpaired) electrons. The SMILES string of the molecule is CCNC(=NCc1ccccc1CN1CCOCC1)NCCC(=O)N(C)C. The van der Waals surface area contributed by atoms with Gasteiger partial charge in [0.05, 0.1) is 19.8 Å². The van der Waals surface area contributed by atoms with Crippen molar-refractivity contribution in [1.29, 1.82) is 0 Å². The zero-order valence-electron chi connectivity index (χ0n) is 16.8. The number of nitrogens with one attached hydrogen (secondary N) is 2. The molecule has 0 saturated carbocycles. The smallest absolute Gasteiger partial charge is 0.223 e. The summed E-state index contributed by atoms with van der Waals surface area (Å²) < 4.78 is 5.44. The Balaban J connectivity index is 1.94. The standard InChI is InChI=1S/C20H33N5O2/c1-4-21-20(22-10-9-19(26)24(2)3)23-15-17-7-5-6-8-18(17)16-25-11-13-27-14-12-25/h5-8H,4,9-16H2,1-3H3,(H2,21,22,23). The number of aliphatic imine (C=N–C) groups is 1. The van der Waals surface area contributed by atoms with Gasteiger partial charge in [0.25, 0.3) is 0 Å². The van der Waals surface area contributed by atoms with E-state index in [9.17, 15) is 4.79 Å². The number of ether oxygens (including phenoxy) is 1. The molecular formula is C20H33N5O2. The van der Waals surface area contributed by atoms with Crippen molar-refractivity contribution in [3.05, 3.63) is 35.4 Å². The summed E-state index contributed by atoms with van der Waals surface area (Å²) in [6.07, 6.45) is 0.449. The van der Waals surface area contributed by atoms with Crippen LogP contribution in [-0.4, -0.2) is 75.2 Å². The zero-order valence-corrected chi connectivity index (χ0v) is 16.8. The molecule has 0 aliphatic carbocycles. The fraction of sp³-hybridized carbons (Fsp3) is 0.600. The summed E-state index contributed by atoms with van der Waals surface area (Å²) in [6, 6.07) is 8.46. The topological polar surface area (TPSA) is 69.2 Å². The van der Waals surface area contributed by atoms with Crippen molar-refractivity contribution < 1.29 is 9.53 Å². The lowest BCUT2D eigenvalue weighted by molar-refractivity contribution is -0.128. The summed E-state index contributed by atoms with van der Waals surface area (Å²) in [4.78, 5) is 20.4. The maximum absolute atomic E-state index is 11.7. The quantitative estimate of drug-likeness (QED) is 0.525. The minimum atomic E-state index is 0.106. The van der Waals surface area contributed by atoms with Crippen LogP contribution in [0.2, 0.25) is 0 Å².